The molecule has 0 spiro atoms. The smallest absolute Gasteiger partial charge is 0.389 e. The number of aromatic carboxylic acids is 1. The molecule has 3 rings (SSSR count). The Morgan fingerprint density at radius 3 is 2.18 bits per heavy atom. The third-order valence-corrected chi connectivity index (χ3v) is 5.59. The highest BCUT2D eigenvalue weighted by atomic mass is 32.1. The predicted octanol–water partition coefficient (Wildman–Crippen LogP) is 6.50. The van der Waals surface area contributed by atoms with Gasteiger partial charge in [-0.2, -0.15) is 13.2 Å². The molecule has 0 atom stereocenters. The topological polar surface area (TPSA) is 75.6 Å². The number of rotatable bonds is 8. The second kappa shape index (κ2) is 10.2. The molecule has 2 aromatic carbocycles. The lowest BCUT2D eigenvalue weighted by molar-refractivity contribution is -0.136. The Morgan fingerprint density at radius 1 is 1.00 bits per heavy atom. The Bertz CT molecular complexity index is 1180. The fraction of sp³-hybridized carbons (Fsp3) is 0.182. The third-order valence-electron chi connectivity index (χ3n) is 4.42. The number of nitrogens with one attached hydrogen (secondary N) is 1. The summed E-state index contributed by atoms with van der Waals surface area (Å²) < 4.78 is 82.6. The third kappa shape index (κ3) is 6.28. The van der Waals surface area contributed by atoms with Crippen LogP contribution in [0.25, 0.3) is 10.4 Å². The summed E-state index contributed by atoms with van der Waals surface area (Å²) >= 11 is 0.771. The first-order chi connectivity index (χ1) is 15.9. The van der Waals surface area contributed by atoms with Crippen molar-refractivity contribution in [3.05, 3.63) is 70.4 Å². The van der Waals surface area contributed by atoms with Gasteiger partial charge in [0.2, 0.25) is 0 Å². The number of ether oxygens (including phenoxy) is 1. The van der Waals surface area contributed by atoms with E-state index < -0.39 is 47.5 Å². The lowest BCUT2D eigenvalue weighted by atomic mass is 10.1. The molecule has 0 unspecified atom stereocenters. The quantitative estimate of drug-likeness (QED) is 0.272. The molecule has 5 nitrogen and oxygen atoms in total. The van der Waals surface area contributed by atoms with Crippen LogP contribution in [0, 0.1) is 17.5 Å². The van der Waals surface area contributed by atoms with Crippen molar-refractivity contribution in [1.29, 1.82) is 0 Å². The van der Waals surface area contributed by atoms with Gasteiger partial charge in [0.15, 0.2) is 0 Å². The monoisotopic (exact) mass is 503 g/mol. The van der Waals surface area contributed by atoms with Crippen molar-refractivity contribution in [3.63, 3.8) is 0 Å². The highest BCUT2D eigenvalue weighted by Crippen LogP contribution is 2.36. The van der Waals surface area contributed by atoms with E-state index in [2.05, 4.69) is 5.32 Å². The van der Waals surface area contributed by atoms with Crippen LogP contribution in [0.15, 0.2) is 42.5 Å². The van der Waals surface area contributed by atoms with Gasteiger partial charge >= 0.3 is 12.1 Å². The number of carboxylic acid groups (broad SMARTS) is 1. The Hall–Kier alpha value is -3.54. The number of hydrogen-bond donors (Lipinski definition) is 2. The summed E-state index contributed by atoms with van der Waals surface area (Å²) in [4.78, 5) is 24.0. The zero-order chi connectivity index (χ0) is 25.0. The molecule has 1 heterocycles. The van der Waals surface area contributed by atoms with E-state index in [1.54, 1.807) is 0 Å². The van der Waals surface area contributed by atoms with Gasteiger partial charge in [-0.1, -0.05) is 0 Å². The lowest BCUT2D eigenvalue weighted by Gasteiger charge is -2.08. The maximum atomic E-state index is 13.9. The summed E-state index contributed by atoms with van der Waals surface area (Å²) in [5.74, 6) is -6.53. The fourth-order valence-electron chi connectivity index (χ4n) is 2.91. The number of carbonyl (C=O) groups is 2. The number of alkyl halides is 3. The minimum atomic E-state index is -4.27. The highest BCUT2D eigenvalue weighted by molar-refractivity contribution is 7.18. The molecular weight excluding hydrogens is 488 g/mol. The first-order valence-corrected chi connectivity index (χ1v) is 10.4. The van der Waals surface area contributed by atoms with Crippen molar-refractivity contribution < 1.29 is 45.8 Å². The lowest BCUT2D eigenvalue weighted by Crippen LogP contribution is -2.17. The minimum Gasteiger partial charge on any atom is -0.494 e. The number of anilines is 1. The van der Waals surface area contributed by atoms with Gasteiger partial charge in [-0.05, 0) is 42.3 Å². The van der Waals surface area contributed by atoms with Gasteiger partial charge in [0.25, 0.3) is 5.91 Å². The Balaban J connectivity index is 1.76. The average Bonchev–Trinajstić information content (AvgIpc) is 3.14. The van der Waals surface area contributed by atoms with Crippen LogP contribution in [0.2, 0.25) is 0 Å². The van der Waals surface area contributed by atoms with E-state index >= 15 is 0 Å². The zero-order valence-electron chi connectivity index (χ0n) is 17.0. The molecule has 0 aliphatic heterocycles. The maximum Gasteiger partial charge on any atom is 0.389 e. The molecule has 0 bridgehead atoms. The summed E-state index contributed by atoms with van der Waals surface area (Å²) in [5, 5.41) is 11.6. The van der Waals surface area contributed by atoms with Crippen molar-refractivity contribution >= 4 is 28.9 Å². The van der Waals surface area contributed by atoms with Gasteiger partial charge in [0, 0.05) is 23.4 Å². The van der Waals surface area contributed by atoms with Crippen LogP contribution in [0.3, 0.4) is 0 Å². The van der Waals surface area contributed by atoms with E-state index in [1.165, 1.54) is 30.3 Å². The second-order valence-electron chi connectivity index (χ2n) is 6.95. The fourth-order valence-corrected chi connectivity index (χ4v) is 3.86. The summed E-state index contributed by atoms with van der Waals surface area (Å²) in [6.07, 6.45) is -5.45. The molecule has 3 aromatic rings. The van der Waals surface area contributed by atoms with Gasteiger partial charge in [0.1, 0.15) is 33.6 Å². The Kier molecular flexibility index (Phi) is 7.50. The van der Waals surface area contributed by atoms with Crippen LogP contribution in [0.5, 0.6) is 5.75 Å². The van der Waals surface area contributed by atoms with E-state index in [0.717, 1.165) is 11.3 Å². The Morgan fingerprint density at radius 2 is 1.62 bits per heavy atom. The number of carbonyl (C=O) groups excluding carboxylic acids is 1. The molecule has 180 valence electrons. The van der Waals surface area contributed by atoms with Crippen LogP contribution >= 0.6 is 11.3 Å². The van der Waals surface area contributed by atoms with Crippen LogP contribution in [-0.4, -0.2) is 29.8 Å². The molecule has 1 aromatic heterocycles. The highest BCUT2D eigenvalue weighted by Gasteiger charge is 2.26. The van der Waals surface area contributed by atoms with E-state index in [1.807, 2.05) is 0 Å². The molecule has 0 saturated heterocycles. The Labute approximate surface area is 192 Å². The zero-order valence-corrected chi connectivity index (χ0v) is 17.8. The van der Waals surface area contributed by atoms with Crippen LogP contribution in [0.4, 0.5) is 32.0 Å². The predicted molar refractivity (Wildman–Crippen MR) is 112 cm³/mol. The van der Waals surface area contributed by atoms with Gasteiger partial charge < -0.3 is 15.2 Å². The molecule has 0 radical (unpaired) electrons. The molecule has 0 saturated carbocycles. The number of hydrogen-bond acceptors (Lipinski definition) is 4. The van der Waals surface area contributed by atoms with Crippen LogP contribution in [0.1, 0.15) is 32.9 Å². The molecule has 2 N–H and O–H groups in total. The molecule has 12 heteroatoms. The van der Waals surface area contributed by atoms with Crippen molar-refractivity contribution in [2.75, 3.05) is 11.9 Å². The number of thiophene rings is 1. The maximum absolute atomic E-state index is 13.9. The van der Waals surface area contributed by atoms with Gasteiger partial charge in [0.05, 0.1) is 12.3 Å². The number of amides is 1. The van der Waals surface area contributed by atoms with Gasteiger partial charge in [-0.25, -0.2) is 18.0 Å². The second-order valence-corrected chi connectivity index (χ2v) is 8.00. The minimum absolute atomic E-state index is 0.145. The van der Waals surface area contributed by atoms with Gasteiger partial charge in [-0.15, -0.1) is 11.3 Å². The van der Waals surface area contributed by atoms with Gasteiger partial charge in [-0.3, -0.25) is 4.79 Å². The molecule has 34 heavy (non-hydrogen) atoms. The van der Waals surface area contributed by atoms with Crippen LogP contribution < -0.4 is 10.1 Å². The standard InChI is InChI=1S/C22H15F6NO4S/c23-12-8-14(24)18(15(25)9-12)20(30)29-16-10-17(34-19(16)21(31)32)11-2-4-13(5-3-11)33-7-1-6-22(26,27)28/h2-5,8-10H,1,6-7H2,(H,29,30)(H,31,32). The largest absolute Gasteiger partial charge is 0.494 e. The van der Waals surface area contributed by atoms with E-state index in [0.29, 0.717) is 28.3 Å². The van der Waals surface area contributed by atoms with Crippen molar-refractivity contribution in [2.24, 2.45) is 0 Å². The van der Waals surface area contributed by atoms with Crippen molar-refractivity contribution in [3.8, 4) is 16.2 Å². The first-order valence-electron chi connectivity index (χ1n) is 9.57. The first kappa shape index (κ1) is 25.1. The number of benzene rings is 2. The summed E-state index contributed by atoms with van der Waals surface area (Å²) in [6.45, 7) is -0.145. The average molecular weight is 503 g/mol. The molecule has 0 aliphatic carbocycles. The SMILES string of the molecule is O=C(O)c1sc(-c2ccc(OCCCC(F)(F)F)cc2)cc1NC(=O)c1c(F)cc(F)cc1F. The van der Waals surface area contributed by atoms with E-state index in [9.17, 15) is 41.0 Å². The molecule has 0 aliphatic rings. The normalized spacial score (nSPS) is 11.4. The van der Waals surface area contributed by atoms with Crippen molar-refractivity contribution in [1.82, 2.24) is 0 Å². The van der Waals surface area contributed by atoms with Crippen LogP contribution in [-0.2, 0) is 0 Å². The molecule has 0 fully saturated rings. The molecule has 1 amide bonds. The summed E-state index contributed by atoms with van der Waals surface area (Å²) in [6, 6.07) is 7.94. The summed E-state index contributed by atoms with van der Waals surface area (Å²) in [5.41, 5.74) is -0.805. The number of carboxylic acids is 1. The number of halogens is 6. The summed E-state index contributed by atoms with van der Waals surface area (Å²) in [7, 11) is 0. The van der Waals surface area contributed by atoms with E-state index in [4.69, 9.17) is 4.74 Å². The van der Waals surface area contributed by atoms with E-state index in [-0.39, 0.29) is 23.6 Å². The van der Waals surface area contributed by atoms with Crippen molar-refractivity contribution in [2.45, 2.75) is 19.0 Å². The molecular formula is C22H15F6NO4S.